The largest absolute Gasteiger partial charge is 0.379 e. The van der Waals surface area contributed by atoms with Crippen LogP contribution in [0.25, 0.3) is 0 Å². The fourth-order valence-corrected chi connectivity index (χ4v) is 6.73. The molecule has 1 atom stereocenters. The molecule has 1 fully saturated rings. The van der Waals surface area contributed by atoms with Crippen molar-refractivity contribution in [1.82, 2.24) is 4.31 Å². The minimum absolute atomic E-state index is 0.00170. The maximum Gasteiger partial charge on any atom is 0.265 e. The number of fused-ring (bicyclic) bond motifs is 1. The topological polar surface area (TPSA) is 75.7 Å². The number of aryl methyl sites for hydroxylation is 1. The number of hydrogen-bond acceptors (Lipinski definition) is 5. The van der Waals surface area contributed by atoms with Crippen LogP contribution in [-0.2, 0) is 27.6 Å². The molecule has 29 heavy (non-hydrogen) atoms. The van der Waals surface area contributed by atoms with Crippen LogP contribution in [-0.4, -0.2) is 44.9 Å². The highest BCUT2D eigenvalue weighted by atomic mass is 35.5. The van der Waals surface area contributed by atoms with Gasteiger partial charge in [-0.3, -0.25) is 4.79 Å². The summed E-state index contributed by atoms with van der Waals surface area (Å²) in [6.07, 6.45) is 3.16. The molecule has 4 rings (SSSR count). The van der Waals surface area contributed by atoms with Gasteiger partial charge in [0.15, 0.2) is 0 Å². The Morgan fingerprint density at radius 2 is 2.03 bits per heavy atom. The second-order valence-corrected chi connectivity index (χ2v) is 11.0. The summed E-state index contributed by atoms with van der Waals surface area (Å²) in [5.74, 6) is 0.409. The van der Waals surface area contributed by atoms with E-state index in [0.717, 1.165) is 19.3 Å². The number of ether oxygens (including phenoxy) is 1. The van der Waals surface area contributed by atoms with E-state index in [-0.39, 0.29) is 28.9 Å². The minimum Gasteiger partial charge on any atom is -0.379 e. The Bertz CT molecular complexity index is 1030. The number of halogens is 1. The zero-order chi connectivity index (χ0) is 20.6. The highest BCUT2D eigenvalue weighted by molar-refractivity contribution is 7.89. The normalized spacial score (nSPS) is 20.3. The van der Waals surface area contributed by atoms with Gasteiger partial charge in [0, 0.05) is 23.7 Å². The molecule has 0 saturated carbocycles. The van der Waals surface area contributed by atoms with Crippen LogP contribution in [0.3, 0.4) is 0 Å². The number of thiophene rings is 1. The molecule has 1 N–H and O–H groups in total. The Morgan fingerprint density at radius 3 is 2.79 bits per heavy atom. The van der Waals surface area contributed by atoms with Crippen molar-refractivity contribution in [2.75, 3.05) is 31.6 Å². The fourth-order valence-electron chi connectivity index (χ4n) is 3.72. The maximum atomic E-state index is 13.0. The first-order chi connectivity index (χ1) is 13.8. The molecule has 2 aliphatic rings. The molecule has 9 heteroatoms. The third-order valence-electron chi connectivity index (χ3n) is 5.33. The molecule has 1 aliphatic heterocycles. The van der Waals surface area contributed by atoms with Crippen LogP contribution in [0.5, 0.6) is 0 Å². The Labute approximate surface area is 179 Å². The number of benzene rings is 1. The molecule has 0 bridgehead atoms. The van der Waals surface area contributed by atoms with Gasteiger partial charge < -0.3 is 10.1 Å². The lowest BCUT2D eigenvalue weighted by molar-refractivity contribution is 0.0730. The van der Waals surface area contributed by atoms with E-state index in [1.54, 1.807) is 6.07 Å². The molecule has 2 aromatic rings. The summed E-state index contributed by atoms with van der Waals surface area (Å²) in [6, 6.07) is 6.52. The standard InChI is InChI=1S/C20H23ClN2O4S2/c1-13-2-5-17-14(10-13)11-18(28-17)20(24)22-15-3-4-16(21)19(12-15)29(25,26)23-6-8-27-9-7-23/h3-4,11-13H,2,5-10H2,1H3,(H,22,24). The van der Waals surface area contributed by atoms with E-state index in [4.69, 9.17) is 16.3 Å². The lowest BCUT2D eigenvalue weighted by Crippen LogP contribution is -2.40. The number of hydrogen-bond donors (Lipinski definition) is 1. The molecule has 1 amide bonds. The predicted molar refractivity (Wildman–Crippen MR) is 114 cm³/mol. The molecule has 1 unspecified atom stereocenters. The van der Waals surface area contributed by atoms with E-state index < -0.39 is 10.0 Å². The number of nitrogens with zero attached hydrogens (tertiary/aromatic N) is 1. The van der Waals surface area contributed by atoms with Gasteiger partial charge in [0.1, 0.15) is 4.90 Å². The predicted octanol–water partition coefficient (Wildman–Crippen LogP) is 3.80. The molecule has 2 heterocycles. The number of nitrogens with one attached hydrogen (secondary N) is 1. The first-order valence-corrected chi connectivity index (χ1v) is 12.3. The highest BCUT2D eigenvalue weighted by Crippen LogP contribution is 2.33. The van der Waals surface area contributed by atoms with Crippen molar-refractivity contribution < 1.29 is 17.9 Å². The number of carbonyl (C=O) groups excluding carboxylic acids is 1. The van der Waals surface area contributed by atoms with Gasteiger partial charge in [0.25, 0.3) is 5.91 Å². The number of anilines is 1. The van der Waals surface area contributed by atoms with Gasteiger partial charge in [-0.1, -0.05) is 18.5 Å². The van der Waals surface area contributed by atoms with Crippen LogP contribution in [0.2, 0.25) is 5.02 Å². The van der Waals surface area contributed by atoms with Crippen molar-refractivity contribution >= 4 is 44.6 Å². The van der Waals surface area contributed by atoms with E-state index in [2.05, 4.69) is 12.2 Å². The number of sulfonamides is 1. The van der Waals surface area contributed by atoms with Crippen LogP contribution in [0, 0.1) is 5.92 Å². The van der Waals surface area contributed by atoms with Gasteiger partial charge in [-0.2, -0.15) is 4.31 Å². The Balaban J connectivity index is 1.55. The average Bonchev–Trinajstić information content (AvgIpc) is 3.13. The first-order valence-electron chi connectivity index (χ1n) is 9.65. The van der Waals surface area contributed by atoms with E-state index in [1.807, 2.05) is 6.07 Å². The summed E-state index contributed by atoms with van der Waals surface area (Å²) in [5.41, 5.74) is 1.66. The third-order valence-corrected chi connectivity index (χ3v) is 8.95. The van der Waals surface area contributed by atoms with E-state index in [1.165, 1.54) is 38.2 Å². The van der Waals surface area contributed by atoms with Crippen LogP contribution < -0.4 is 5.32 Å². The Kier molecular flexibility index (Phi) is 5.99. The lowest BCUT2D eigenvalue weighted by Gasteiger charge is -2.26. The van der Waals surface area contributed by atoms with Gasteiger partial charge in [-0.25, -0.2) is 8.42 Å². The number of morpholine rings is 1. The van der Waals surface area contributed by atoms with Crippen LogP contribution >= 0.6 is 22.9 Å². The molecule has 1 aromatic carbocycles. The number of amides is 1. The second kappa shape index (κ2) is 8.35. The first kappa shape index (κ1) is 20.8. The number of rotatable bonds is 4. The van der Waals surface area contributed by atoms with Gasteiger partial charge in [0.05, 0.1) is 23.1 Å². The summed E-state index contributed by atoms with van der Waals surface area (Å²) in [6.45, 7) is 3.51. The molecular formula is C20H23ClN2O4S2. The van der Waals surface area contributed by atoms with Gasteiger partial charge in [0.2, 0.25) is 10.0 Å². The maximum absolute atomic E-state index is 13.0. The van der Waals surface area contributed by atoms with Crippen molar-refractivity contribution in [2.45, 2.75) is 31.1 Å². The van der Waals surface area contributed by atoms with Gasteiger partial charge >= 0.3 is 0 Å². The van der Waals surface area contributed by atoms with Crippen molar-refractivity contribution in [3.63, 3.8) is 0 Å². The van der Waals surface area contributed by atoms with Crippen LogP contribution in [0.1, 0.15) is 33.5 Å². The smallest absolute Gasteiger partial charge is 0.265 e. The Hall–Kier alpha value is -1.45. The second-order valence-electron chi connectivity index (χ2n) is 7.52. The third kappa shape index (κ3) is 4.36. The summed E-state index contributed by atoms with van der Waals surface area (Å²) in [4.78, 5) is 14.7. The molecule has 1 saturated heterocycles. The van der Waals surface area contributed by atoms with E-state index in [9.17, 15) is 13.2 Å². The van der Waals surface area contributed by atoms with Gasteiger partial charge in [-0.05, 0) is 55.0 Å². The summed E-state index contributed by atoms with van der Waals surface area (Å²) < 4.78 is 32.5. The molecule has 1 aromatic heterocycles. The average molecular weight is 455 g/mol. The van der Waals surface area contributed by atoms with Crippen molar-refractivity contribution in [2.24, 2.45) is 5.92 Å². The summed E-state index contributed by atoms with van der Waals surface area (Å²) >= 11 is 7.71. The van der Waals surface area contributed by atoms with Gasteiger partial charge in [-0.15, -0.1) is 11.3 Å². The molecular weight excluding hydrogens is 432 g/mol. The Morgan fingerprint density at radius 1 is 1.28 bits per heavy atom. The van der Waals surface area contributed by atoms with Crippen molar-refractivity contribution in [1.29, 1.82) is 0 Å². The SMILES string of the molecule is CC1CCc2sc(C(=O)Nc3ccc(Cl)c(S(=O)(=O)N4CCOCC4)c3)cc2C1. The van der Waals surface area contributed by atoms with Crippen LogP contribution in [0.4, 0.5) is 5.69 Å². The summed E-state index contributed by atoms with van der Waals surface area (Å²) in [7, 11) is -3.75. The monoisotopic (exact) mass is 454 g/mol. The molecule has 1 aliphatic carbocycles. The molecule has 156 valence electrons. The zero-order valence-corrected chi connectivity index (χ0v) is 18.5. The summed E-state index contributed by atoms with van der Waals surface area (Å²) in [5, 5.41) is 2.96. The minimum atomic E-state index is -3.75. The fraction of sp³-hybridized carbons (Fsp3) is 0.450. The van der Waals surface area contributed by atoms with Crippen LogP contribution in [0.15, 0.2) is 29.2 Å². The van der Waals surface area contributed by atoms with Crippen molar-refractivity contribution in [3.8, 4) is 0 Å². The molecule has 0 radical (unpaired) electrons. The van der Waals surface area contributed by atoms with E-state index in [0.29, 0.717) is 29.7 Å². The van der Waals surface area contributed by atoms with Crippen molar-refractivity contribution in [3.05, 3.63) is 44.6 Å². The number of carbonyl (C=O) groups is 1. The molecule has 6 nitrogen and oxygen atoms in total. The zero-order valence-electron chi connectivity index (χ0n) is 16.1. The molecule has 0 spiro atoms. The quantitative estimate of drug-likeness (QED) is 0.762. The van der Waals surface area contributed by atoms with E-state index >= 15 is 0 Å². The highest BCUT2D eigenvalue weighted by Gasteiger charge is 2.29. The lowest BCUT2D eigenvalue weighted by atomic mass is 9.90.